The van der Waals surface area contributed by atoms with Gasteiger partial charge in [0.25, 0.3) is 0 Å². The van der Waals surface area contributed by atoms with Crippen LogP contribution in [0.1, 0.15) is 19.8 Å². The first kappa shape index (κ1) is 10.1. The Labute approximate surface area is 71.7 Å². The lowest BCUT2D eigenvalue weighted by molar-refractivity contribution is 0.302. The van der Waals surface area contributed by atoms with Crippen LogP contribution in [0.4, 0.5) is 0 Å². The third-order valence-electron chi connectivity index (χ3n) is 0.796. The average molecular weight is 176 g/mol. The Kier molecular flexibility index (Phi) is 9.11. The molecule has 0 amide bonds. The van der Waals surface area contributed by atoms with Crippen LogP contribution in [0.3, 0.4) is 0 Å². The van der Waals surface area contributed by atoms with E-state index in [9.17, 15) is 0 Å². The number of unbranched alkanes of at least 4 members (excludes halogenated alkanes) is 1. The molecule has 0 unspecified atom stereocenters. The number of hydrogen-bond acceptors (Lipinski definition) is 3. The molecule has 0 rings (SSSR count). The van der Waals surface area contributed by atoms with Gasteiger partial charge in [0.1, 0.15) is 12.7 Å². The van der Waals surface area contributed by atoms with Crippen molar-refractivity contribution in [3.8, 4) is 12.0 Å². The Morgan fingerprint density at radius 3 is 3.00 bits per heavy atom. The van der Waals surface area contributed by atoms with E-state index in [2.05, 4.69) is 30.6 Å². The van der Waals surface area contributed by atoms with Gasteiger partial charge in [0.15, 0.2) is 0 Å². The number of ether oxygens (including phenoxy) is 1. The molecule has 0 saturated heterocycles. The van der Waals surface area contributed by atoms with Gasteiger partial charge in [-0.2, -0.15) is 0 Å². The van der Waals surface area contributed by atoms with Gasteiger partial charge in [0, 0.05) is 12.2 Å². The highest BCUT2D eigenvalue weighted by Crippen LogP contribution is 2.02. The van der Waals surface area contributed by atoms with Crippen LogP contribution >= 0.6 is 22.5 Å². The minimum absolute atomic E-state index is 0.672. The summed E-state index contributed by atoms with van der Waals surface area (Å²) in [6.07, 6.45) is 4.64. The van der Waals surface area contributed by atoms with Gasteiger partial charge in [-0.25, -0.2) is 0 Å². The lowest BCUT2D eigenvalue weighted by atomic mass is 10.4. The molecule has 0 aliphatic rings. The molecule has 0 N–H and O–H groups in total. The first-order valence-corrected chi connectivity index (χ1v) is 5.31. The van der Waals surface area contributed by atoms with E-state index < -0.39 is 0 Å². The Morgan fingerprint density at radius 2 is 2.40 bits per heavy atom. The standard InChI is InChI=1S/C7H12OS2/c1-2-3-4-5-8-6-7-10-9/h9H,2-3,6-7H2,1H3. The Hall–Kier alpha value is 0.0600. The molecule has 0 atom stereocenters. The monoisotopic (exact) mass is 176 g/mol. The van der Waals surface area contributed by atoms with E-state index >= 15 is 0 Å². The molecule has 0 aliphatic carbocycles. The minimum Gasteiger partial charge on any atom is -0.446 e. The van der Waals surface area contributed by atoms with Crippen LogP contribution in [0.25, 0.3) is 0 Å². The number of hydrogen-bond donors (Lipinski definition) is 1. The van der Waals surface area contributed by atoms with E-state index in [0.717, 1.165) is 18.6 Å². The lowest BCUT2D eigenvalue weighted by Crippen LogP contribution is -1.88. The molecule has 58 valence electrons. The van der Waals surface area contributed by atoms with Crippen molar-refractivity contribution in [3.63, 3.8) is 0 Å². The maximum atomic E-state index is 4.95. The van der Waals surface area contributed by atoms with Crippen LogP contribution in [-0.2, 0) is 4.74 Å². The molecule has 0 aromatic heterocycles. The second kappa shape index (κ2) is 9.06. The van der Waals surface area contributed by atoms with Crippen LogP contribution in [0.2, 0.25) is 0 Å². The summed E-state index contributed by atoms with van der Waals surface area (Å²) in [6, 6.07) is 0. The second-order valence-electron chi connectivity index (χ2n) is 1.71. The lowest BCUT2D eigenvalue weighted by Gasteiger charge is -1.91. The summed E-state index contributed by atoms with van der Waals surface area (Å²) in [5.41, 5.74) is 0. The molecule has 1 nitrogen and oxygen atoms in total. The van der Waals surface area contributed by atoms with E-state index in [1.165, 1.54) is 10.8 Å². The second-order valence-corrected chi connectivity index (χ2v) is 3.15. The SMILES string of the molecule is CCCC#COCCSS. The normalized spacial score (nSPS) is 8.20. The highest BCUT2D eigenvalue weighted by Gasteiger charge is 1.79. The first-order valence-electron chi connectivity index (χ1n) is 3.27. The van der Waals surface area contributed by atoms with Gasteiger partial charge in [-0.1, -0.05) is 23.6 Å². The maximum Gasteiger partial charge on any atom is 0.110 e. The maximum absolute atomic E-state index is 4.95. The third kappa shape index (κ3) is 8.06. The Morgan fingerprint density at radius 1 is 1.60 bits per heavy atom. The van der Waals surface area contributed by atoms with Crippen LogP contribution in [0.15, 0.2) is 0 Å². The summed E-state index contributed by atoms with van der Waals surface area (Å²) in [6.45, 7) is 2.77. The summed E-state index contributed by atoms with van der Waals surface area (Å²) in [7, 11) is 1.47. The molecule has 0 radical (unpaired) electrons. The topological polar surface area (TPSA) is 9.23 Å². The first-order chi connectivity index (χ1) is 4.91. The Balaban J connectivity index is 2.96. The van der Waals surface area contributed by atoms with E-state index in [1.54, 1.807) is 0 Å². The van der Waals surface area contributed by atoms with E-state index in [0.29, 0.717) is 6.61 Å². The molecule has 0 bridgehead atoms. The predicted octanol–water partition coefficient (Wildman–Crippen LogP) is 2.34. The van der Waals surface area contributed by atoms with Gasteiger partial charge >= 0.3 is 0 Å². The summed E-state index contributed by atoms with van der Waals surface area (Å²) < 4.78 is 4.95. The zero-order valence-corrected chi connectivity index (χ0v) is 7.80. The molecule has 3 heteroatoms. The van der Waals surface area contributed by atoms with Gasteiger partial charge in [0.2, 0.25) is 0 Å². The zero-order chi connectivity index (χ0) is 7.66. The molecule has 0 fully saturated rings. The molecular formula is C7H12OS2. The van der Waals surface area contributed by atoms with Gasteiger partial charge in [-0.3, -0.25) is 0 Å². The molecule has 0 aliphatic heterocycles. The third-order valence-corrected chi connectivity index (χ3v) is 1.69. The fraction of sp³-hybridized carbons (Fsp3) is 0.714. The summed E-state index contributed by atoms with van der Waals surface area (Å²) in [5, 5.41) is 0. The summed E-state index contributed by atoms with van der Waals surface area (Å²) >= 11 is 3.95. The van der Waals surface area contributed by atoms with Crippen molar-refractivity contribution in [2.45, 2.75) is 19.8 Å². The van der Waals surface area contributed by atoms with Crippen molar-refractivity contribution in [1.82, 2.24) is 0 Å². The predicted molar refractivity (Wildman–Crippen MR) is 50.1 cm³/mol. The smallest absolute Gasteiger partial charge is 0.110 e. The quantitative estimate of drug-likeness (QED) is 0.305. The molecule has 0 heterocycles. The summed E-state index contributed by atoms with van der Waals surface area (Å²) in [5.74, 6) is 3.78. The van der Waals surface area contributed by atoms with Crippen molar-refractivity contribution >= 4 is 22.5 Å². The Bertz CT molecular complexity index is 115. The average Bonchev–Trinajstić information content (AvgIpc) is 1.97. The molecular weight excluding hydrogens is 164 g/mol. The highest BCUT2D eigenvalue weighted by atomic mass is 33.1. The van der Waals surface area contributed by atoms with E-state index in [4.69, 9.17) is 4.74 Å². The minimum atomic E-state index is 0.672. The van der Waals surface area contributed by atoms with Crippen molar-refractivity contribution < 1.29 is 4.74 Å². The highest BCUT2D eigenvalue weighted by molar-refractivity contribution is 8.68. The van der Waals surface area contributed by atoms with Crippen LogP contribution in [-0.4, -0.2) is 12.4 Å². The molecule has 10 heavy (non-hydrogen) atoms. The molecule has 0 aromatic carbocycles. The fourth-order valence-corrected chi connectivity index (χ4v) is 0.739. The largest absolute Gasteiger partial charge is 0.446 e. The van der Waals surface area contributed by atoms with Gasteiger partial charge < -0.3 is 4.74 Å². The number of thiol groups is 1. The van der Waals surface area contributed by atoms with Crippen molar-refractivity contribution in [2.75, 3.05) is 12.4 Å². The van der Waals surface area contributed by atoms with E-state index in [-0.39, 0.29) is 0 Å². The van der Waals surface area contributed by atoms with E-state index in [1.807, 2.05) is 0 Å². The van der Waals surface area contributed by atoms with Crippen molar-refractivity contribution in [3.05, 3.63) is 0 Å². The summed E-state index contributed by atoms with van der Waals surface area (Å²) in [4.78, 5) is 0. The van der Waals surface area contributed by atoms with Crippen molar-refractivity contribution in [2.24, 2.45) is 0 Å². The zero-order valence-electron chi connectivity index (χ0n) is 6.09. The van der Waals surface area contributed by atoms with Crippen LogP contribution in [0, 0.1) is 12.0 Å². The van der Waals surface area contributed by atoms with Gasteiger partial charge in [-0.15, -0.1) is 11.7 Å². The molecule has 0 aromatic rings. The van der Waals surface area contributed by atoms with Gasteiger partial charge in [-0.05, 0) is 6.42 Å². The number of rotatable bonds is 4. The van der Waals surface area contributed by atoms with Crippen LogP contribution < -0.4 is 0 Å². The molecule has 0 saturated carbocycles. The van der Waals surface area contributed by atoms with Gasteiger partial charge in [0.05, 0.1) is 0 Å². The fourth-order valence-electron chi connectivity index (χ4n) is 0.357. The van der Waals surface area contributed by atoms with Crippen molar-refractivity contribution in [1.29, 1.82) is 0 Å². The molecule has 0 spiro atoms. The van der Waals surface area contributed by atoms with Crippen LogP contribution in [0.5, 0.6) is 0 Å².